The summed E-state index contributed by atoms with van der Waals surface area (Å²) in [7, 11) is 0. The molecule has 0 aliphatic heterocycles. The van der Waals surface area contributed by atoms with Crippen LogP contribution < -0.4 is 0 Å². The lowest BCUT2D eigenvalue weighted by Gasteiger charge is -2.14. The van der Waals surface area contributed by atoms with E-state index >= 15 is 0 Å². The Kier molecular flexibility index (Phi) is 4.64. The van der Waals surface area contributed by atoms with Gasteiger partial charge in [0.25, 0.3) is 0 Å². The van der Waals surface area contributed by atoms with Crippen molar-refractivity contribution >= 4 is 27.5 Å². The second-order valence-corrected chi connectivity index (χ2v) is 5.18. The molecule has 0 spiro atoms. The van der Waals surface area contributed by atoms with Crippen LogP contribution in [0.4, 0.5) is 0 Å². The van der Waals surface area contributed by atoms with E-state index in [1.54, 1.807) is 0 Å². The van der Waals surface area contributed by atoms with Gasteiger partial charge in [-0.2, -0.15) is 0 Å². The van der Waals surface area contributed by atoms with Gasteiger partial charge in [-0.05, 0) is 35.6 Å². The maximum atomic E-state index is 5.89. The summed E-state index contributed by atoms with van der Waals surface area (Å²) < 4.78 is 0. The smallest absolute Gasteiger partial charge is 0.0406 e. The van der Waals surface area contributed by atoms with Crippen LogP contribution in [-0.4, -0.2) is 5.33 Å². The van der Waals surface area contributed by atoms with E-state index in [1.807, 2.05) is 12.1 Å². The first-order valence-corrected chi connectivity index (χ1v) is 7.15. The van der Waals surface area contributed by atoms with Crippen molar-refractivity contribution in [3.05, 3.63) is 70.7 Å². The number of hydrogen-bond donors (Lipinski definition) is 0. The van der Waals surface area contributed by atoms with E-state index in [4.69, 9.17) is 11.6 Å². The fourth-order valence-electron chi connectivity index (χ4n) is 1.89. The predicted molar refractivity (Wildman–Crippen MR) is 78.1 cm³/mol. The molecule has 0 amide bonds. The highest BCUT2D eigenvalue weighted by Crippen LogP contribution is 2.23. The van der Waals surface area contributed by atoms with Crippen LogP contribution in [0.25, 0.3) is 0 Å². The molecule has 2 rings (SSSR count). The fraction of sp³-hybridized carbons (Fsp3) is 0.200. The Labute approximate surface area is 116 Å². The van der Waals surface area contributed by atoms with Gasteiger partial charge in [-0.1, -0.05) is 70.0 Å². The van der Waals surface area contributed by atoms with Crippen molar-refractivity contribution in [1.29, 1.82) is 0 Å². The number of benzene rings is 2. The van der Waals surface area contributed by atoms with Crippen LogP contribution in [0, 0.1) is 0 Å². The Morgan fingerprint density at radius 3 is 2.18 bits per heavy atom. The summed E-state index contributed by atoms with van der Waals surface area (Å²) in [5.41, 5.74) is 2.70. The van der Waals surface area contributed by atoms with E-state index in [1.165, 1.54) is 11.1 Å². The maximum absolute atomic E-state index is 5.89. The van der Waals surface area contributed by atoms with Gasteiger partial charge in [-0.3, -0.25) is 0 Å². The molecular formula is C15H14BrCl. The first kappa shape index (κ1) is 12.7. The van der Waals surface area contributed by atoms with Gasteiger partial charge in [0.2, 0.25) is 0 Å². The molecule has 0 aliphatic rings. The average Bonchev–Trinajstić information content (AvgIpc) is 2.39. The molecule has 0 aliphatic carbocycles. The van der Waals surface area contributed by atoms with Crippen molar-refractivity contribution in [2.75, 3.05) is 5.33 Å². The Morgan fingerprint density at radius 2 is 1.59 bits per heavy atom. The summed E-state index contributed by atoms with van der Waals surface area (Å²) in [4.78, 5) is 0. The molecule has 2 aromatic carbocycles. The normalized spacial score (nSPS) is 12.4. The van der Waals surface area contributed by atoms with Gasteiger partial charge >= 0.3 is 0 Å². The summed E-state index contributed by atoms with van der Waals surface area (Å²) in [5, 5.41) is 1.77. The molecule has 17 heavy (non-hydrogen) atoms. The lowest BCUT2D eigenvalue weighted by molar-refractivity contribution is 0.775. The maximum Gasteiger partial charge on any atom is 0.0406 e. The van der Waals surface area contributed by atoms with Crippen molar-refractivity contribution in [3.8, 4) is 0 Å². The Balaban J connectivity index is 2.13. The quantitative estimate of drug-likeness (QED) is 0.692. The van der Waals surface area contributed by atoms with Gasteiger partial charge in [-0.15, -0.1) is 0 Å². The molecule has 0 nitrogen and oxygen atoms in total. The highest BCUT2D eigenvalue weighted by Gasteiger charge is 2.10. The molecule has 2 aromatic rings. The van der Waals surface area contributed by atoms with Gasteiger partial charge in [-0.25, -0.2) is 0 Å². The number of halogens is 2. The second kappa shape index (κ2) is 6.23. The standard InChI is InChI=1S/C15H14BrCl/c16-11-14(13-4-2-1-3-5-13)10-12-6-8-15(17)9-7-12/h1-9,14H,10-11H2. The third kappa shape index (κ3) is 3.58. The van der Waals surface area contributed by atoms with E-state index in [-0.39, 0.29) is 0 Å². The highest BCUT2D eigenvalue weighted by atomic mass is 79.9. The van der Waals surface area contributed by atoms with Crippen molar-refractivity contribution in [2.45, 2.75) is 12.3 Å². The topological polar surface area (TPSA) is 0 Å². The van der Waals surface area contributed by atoms with E-state index in [0.29, 0.717) is 5.92 Å². The molecule has 0 fully saturated rings. The molecular weight excluding hydrogens is 296 g/mol. The summed E-state index contributed by atoms with van der Waals surface area (Å²) >= 11 is 9.49. The van der Waals surface area contributed by atoms with Crippen LogP contribution in [0.15, 0.2) is 54.6 Å². The average molecular weight is 310 g/mol. The molecule has 88 valence electrons. The monoisotopic (exact) mass is 308 g/mol. The minimum Gasteiger partial charge on any atom is -0.0921 e. The molecule has 0 bridgehead atoms. The summed E-state index contributed by atoms with van der Waals surface area (Å²) in [6.07, 6.45) is 1.03. The van der Waals surface area contributed by atoms with Crippen LogP contribution in [0.2, 0.25) is 5.02 Å². The first-order chi connectivity index (χ1) is 8.29. The molecule has 0 saturated heterocycles. The van der Waals surface area contributed by atoms with Crippen LogP contribution >= 0.6 is 27.5 Å². The summed E-state index contributed by atoms with van der Waals surface area (Å²) in [6.45, 7) is 0. The summed E-state index contributed by atoms with van der Waals surface area (Å²) in [5.74, 6) is 0.511. The molecule has 1 atom stereocenters. The first-order valence-electron chi connectivity index (χ1n) is 5.65. The lowest BCUT2D eigenvalue weighted by Crippen LogP contribution is -2.04. The molecule has 1 unspecified atom stereocenters. The van der Waals surface area contributed by atoms with Crippen LogP contribution in [0.3, 0.4) is 0 Å². The zero-order valence-electron chi connectivity index (χ0n) is 9.44. The molecule has 0 saturated carbocycles. The zero-order chi connectivity index (χ0) is 12.1. The van der Waals surface area contributed by atoms with Gasteiger partial charge in [0.1, 0.15) is 0 Å². The Hall–Kier alpha value is -0.790. The minimum atomic E-state index is 0.511. The molecule has 0 heterocycles. The van der Waals surface area contributed by atoms with E-state index < -0.39 is 0 Å². The van der Waals surface area contributed by atoms with E-state index in [0.717, 1.165) is 16.8 Å². The van der Waals surface area contributed by atoms with Gasteiger partial charge < -0.3 is 0 Å². The molecule has 2 heteroatoms. The third-order valence-electron chi connectivity index (χ3n) is 2.85. The van der Waals surface area contributed by atoms with Crippen molar-refractivity contribution in [1.82, 2.24) is 0 Å². The van der Waals surface area contributed by atoms with E-state index in [2.05, 4.69) is 58.4 Å². The van der Waals surface area contributed by atoms with Crippen LogP contribution in [-0.2, 0) is 6.42 Å². The Bertz CT molecular complexity index is 450. The number of alkyl halides is 1. The Morgan fingerprint density at radius 1 is 0.941 bits per heavy atom. The molecule has 0 radical (unpaired) electrons. The van der Waals surface area contributed by atoms with E-state index in [9.17, 15) is 0 Å². The lowest BCUT2D eigenvalue weighted by atomic mass is 9.94. The van der Waals surface area contributed by atoms with Crippen molar-refractivity contribution in [2.24, 2.45) is 0 Å². The van der Waals surface area contributed by atoms with Gasteiger partial charge in [0.05, 0.1) is 0 Å². The van der Waals surface area contributed by atoms with Gasteiger partial charge in [0.15, 0.2) is 0 Å². The fourth-order valence-corrected chi connectivity index (χ4v) is 2.62. The minimum absolute atomic E-state index is 0.511. The van der Waals surface area contributed by atoms with Crippen molar-refractivity contribution < 1.29 is 0 Å². The zero-order valence-corrected chi connectivity index (χ0v) is 11.8. The highest BCUT2D eigenvalue weighted by molar-refractivity contribution is 9.09. The van der Waals surface area contributed by atoms with Crippen molar-refractivity contribution in [3.63, 3.8) is 0 Å². The second-order valence-electron chi connectivity index (χ2n) is 4.09. The van der Waals surface area contributed by atoms with Crippen LogP contribution in [0.1, 0.15) is 17.0 Å². The van der Waals surface area contributed by atoms with Crippen LogP contribution in [0.5, 0.6) is 0 Å². The SMILES string of the molecule is Clc1ccc(CC(CBr)c2ccccc2)cc1. The largest absolute Gasteiger partial charge is 0.0921 e. The molecule has 0 N–H and O–H groups in total. The molecule has 0 aromatic heterocycles. The van der Waals surface area contributed by atoms with Gasteiger partial charge in [0, 0.05) is 10.4 Å². The third-order valence-corrected chi connectivity index (χ3v) is 3.89. The number of rotatable bonds is 4. The number of hydrogen-bond acceptors (Lipinski definition) is 0. The predicted octanol–water partition coefficient (Wildman–Crippen LogP) is 5.06. The summed E-state index contributed by atoms with van der Waals surface area (Å²) in [6, 6.07) is 18.7.